The van der Waals surface area contributed by atoms with Crippen molar-refractivity contribution in [1.82, 2.24) is 4.72 Å². The number of hydrogen-bond acceptors (Lipinski definition) is 6. The Morgan fingerprint density at radius 3 is 2.74 bits per heavy atom. The van der Waals surface area contributed by atoms with E-state index in [-0.39, 0.29) is 23.8 Å². The fourth-order valence-electron chi connectivity index (χ4n) is 5.60. The van der Waals surface area contributed by atoms with Gasteiger partial charge in [-0.1, -0.05) is 29.8 Å². The van der Waals surface area contributed by atoms with Crippen LogP contribution in [0.2, 0.25) is 5.02 Å². The summed E-state index contributed by atoms with van der Waals surface area (Å²) in [5, 5.41) is 10.8. The first-order valence-corrected chi connectivity index (χ1v) is 15.3. The van der Waals surface area contributed by atoms with E-state index in [1.807, 2.05) is 18.2 Å². The van der Waals surface area contributed by atoms with Gasteiger partial charge >= 0.3 is 0 Å². The van der Waals surface area contributed by atoms with E-state index in [0.29, 0.717) is 17.4 Å². The third-order valence-electron chi connectivity index (χ3n) is 8.17. The molecule has 2 heterocycles. The Bertz CT molecular complexity index is 1330. The summed E-state index contributed by atoms with van der Waals surface area (Å²) in [5.41, 5.74) is 3.28. The molecule has 5 rings (SSSR count). The van der Waals surface area contributed by atoms with Crippen molar-refractivity contribution in [2.75, 3.05) is 18.0 Å². The van der Waals surface area contributed by atoms with Gasteiger partial charge in [0.1, 0.15) is 12.4 Å². The van der Waals surface area contributed by atoms with Crippen molar-refractivity contribution in [3.8, 4) is 5.75 Å². The zero-order chi connectivity index (χ0) is 26.9. The highest BCUT2D eigenvalue weighted by Gasteiger charge is 2.37. The number of nitrogens with zero attached hydrogens (tertiary/aromatic N) is 1. The Hall–Kier alpha value is -2.55. The van der Waals surface area contributed by atoms with Gasteiger partial charge in [0, 0.05) is 23.7 Å². The van der Waals surface area contributed by atoms with Crippen LogP contribution in [-0.2, 0) is 23.1 Å². The van der Waals surface area contributed by atoms with Crippen LogP contribution in [0.5, 0.6) is 5.75 Å². The van der Waals surface area contributed by atoms with Gasteiger partial charge < -0.3 is 14.7 Å². The number of rotatable bonds is 0. The SMILES string of the molecule is C[C@@H]1C/C=C/[C@H](O)[C@@H]2CC[C@H]2CN2CCCCc3cc(Cl)ccc3COc3ccc(cc32)C(=O)NS1(=O)=O. The Labute approximate surface area is 229 Å². The smallest absolute Gasteiger partial charge is 0.264 e. The first kappa shape index (κ1) is 27.0. The van der Waals surface area contributed by atoms with Crippen molar-refractivity contribution >= 4 is 33.2 Å². The maximum absolute atomic E-state index is 13.1. The predicted molar refractivity (Wildman–Crippen MR) is 149 cm³/mol. The number of nitrogens with one attached hydrogen (secondary N) is 1. The average molecular weight is 559 g/mol. The van der Waals surface area contributed by atoms with E-state index in [1.165, 1.54) is 5.56 Å². The van der Waals surface area contributed by atoms with E-state index in [9.17, 15) is 18.3 Å². The summed E-state index contributed by atoms with van der Waals surface area (Å²) in [6, 6.07) is 11.0. The molecule has 0 aromatic heterocycles. The number of sulfonamides is 1. The molecule has 2 aliphatic heterocycles. The van der Waals surface area contributed by atoms with Crippen LogP contribution in [-0.4, -0.2) is 43.9 Å². The lowest BCUT2D eigenvalue weighted by Crippen LogP contribution is -2.43. The summed E-state index contributed by atoms with van der Waals surface area (Å²) >= 11 is 6.27. The molecule has 7 nitrogen and oxygen atoms in total. The maximum Gasteiger partial charge on any atom is 0.264 e. The molecule has 2 N–H and O–H groups in total. The molecular weight excluding hydrogens is 524 g/mol. The molecule has 9 heteroatoms. The quantitative estimate of drug-likeness (QED) is 0.448. The topological polar surface area (TPSA) is 95.9 Å². The molecular formula is C29H35ClN2O5S. The highest BCUT2D eigenvalue weighted by Crippen LogP contribution is 2.41. The lowest BCUT2D eigenvalue weighted by Gasteiger charge is -2.42. The number of ether oxygens (including phenoxy) is 1. The second-order valence-corrected chi connectivity index (χ2v) is 13.3. The summed E-state index contributed by atoms with van der Waals surface area (Å²) in [4.78, 5) is 15.3. The lowest BCUT2D eigenvalue weighted by atomic mass is 9.70. The Morgan fingerprint density at radius 2 is 1.95 bits per heavy atom. The van der Waals surface area contributed by atoms with Gasteiger partial charge in [-0.25, -0.2) is 13.1 Å². The first-order valence-electron chi connectivity index (χ1n) is 13.4. The molecule has 0 unspecified atom stereocenters. The Kier molecular flexibility index (Phi) is 8.03. The second kappa shape index (κ2) is 11.3. The normalized spacial score (nSPS) is 28.5. The maximum atomic E-state index is 13.1. The molecule has 1 aliphatic carbocycles. The molecule has 0 radical (unpaired) electrons. The number of carbonyl (C=O) groups excluding carboxylic acids is 1. The van der Waals surface area contributed by atoms with E-state index in [1.54, 1.807) is 37.3 Å². The van der Waals surface area contributed by atoms with Gasteiger partial charge in [-0.2, -0.15) is 0 Å². The van der Waals surface area contributed by atoms with Crippen molar-refractivity contribution < 1.29 is 23.1 Å². The zero-order valence-electron chi connectivity index (χ0n) is 21.6. The van der Waals surface area contributed by atoms with Crippen LogP contribution < -0.4 is 14.4 Å². The predicted octanol–water partition coefficient (Wildman–Crippen LogP) is 4.86. The number of anilines is 1. The molecule has 204 valence electrons. The Balaban J connectivity index is 1.54. The molecule has 0 saturated heterocycles. The number of halogens is 1. The van der Waals surface area contributed by atoms with Crippen LogP contribution in [0.4, 0.5) is 5.69 Å². The van der Waals surface area contributed by atoms with E-state index in [4.69, 9.17) is 16.3 Å². The third-order valence-corrected chi connectivity index (χ3v) is 10.1. The molecule has 1 amide bonds. The van der Waals surface area contributed by atoms with Gasteiger partial charge in [0.2, 0.25) is 10.0 Å². The van der Waals surface area contributed by atoms with E-state index < -0.39 is 27.3 Å². The number of amides is 1. The largest absolute Gasteiger partial charge is 0.487 e. The zero-order valence-corrected chi connectivity index (χ0v) is 23.2. The molecule has 4 atom stereocenters. The molecule has 2 aromatic carbocycles. The van der Waals surface area contributed by atoms with Gasteiger partial charge in [0.25, 0.3) is 5.91 Å². The number of aliphatic hydroxyl groups is 1. The van der Waals surface area contributed by atoms with Crippen LogP contribution in [0, 0.1) is 11.8 Å². The number of hydrogen-bond donors (Lipinski definition) is 2. The summed E-state index contributed by atoms with van der Waals surface area (Å²) in [5.74, 6) is 0.378. The number of aryl methyl sites for hydroxylation is 1. The molecule has 1 fully saturated rings. The van der Waals surface area contributed by atoms with Crippen LogP contribution in [0.15, 0.2) is 48.6 Å². The summed E-state index contributed by atoms with van der Waals surface area (Å²) in [6.07, 6.45) is 7.74. The summed E-state index contributed by atoms with van der Waals surface area (Å²) in [7, 11) is -3.90. The minimum Gasteiger partial charge on any atom is -0.487 e. The van der Waals surface area contributed by atoms with Crippen molar-refractivity contribution in [3.05, 3.63) is 70.3 Å². The van der Waals surface area contributed by atoms with Gasteiger partial charge in [-0.3, -0.25) is 4.79 Å². The molecule has 3 aliphatic rings. The minimum atomic E-state index is -3.90. The fraction of sp³-hybridized carbons (Fsp3) is 0.483. The number of allylic oxidation sites excluding steroid dienone is 1. The lowest BCUT2D eigenvalue weighted by molar-refractivity contribution is 0.0461. The second-order valence-electron chi connectivity index (χ2n) is 10.7. The van der Waals surface area contributed by atoms with Crippen LogP contribution in [0.3, 0.4) is 0 Å². The molecule has 2 aromatic rings. The number of carbonyl (C=O) groups is 1. The first-order chi connectivity index (χ1) is 18.2. The summed E-state index contributed by atoms with van der Waals surface area (Å²) in [6.45, 7) is 3.40. The Morgan fingerprint density at radius 1 is 1.11 bits per heavy atom. The van der Waals surface area contributed by atoms with Gasteiger partial charge in [0.05, 0.1) is 17.0 Å². The standard InChI is InChI=1S/C29H35ClN2O5S/c1-19-5-4-7-27(33)25-12-9-22(25)17-32-14-3-2-6-20-15-24(30)11-8-23(20)18-37-28-13-10-21(16-26(28)32)29(34)31-38(19,35)36/h4,7-8,10-11,13,15-16,19,22,25,27,33H,2-3,5-6,9,12,14,17-18H2,1H3,(H,31,34)/b7-4+/t19-,22+,25-,27+/m1/s1. The fourth-order valence-corrected chi connectivity index (χ4v) is 6.74. The van der Waals surface area contributed by atoms with Gasteiger partial charge in [-0.05, 0) is 98.7 Å². The number of aliphatic hydroxyl groups excluding tert-OH is 1. The number of benzene rings is 2. The summed E-state index contributed by atoms with van der Waals surface area (Å²) < 4.78 is 34.3. The van der Waals surface area contributed by atoms with Gasteiger partial charge in [-0.15, -0.1) is 0 Å². The average Bonchev–Trinajstić information content (AvgIpc) is 2.88. The van der Waals surface area contributed by atoms with Crippen LogP contribution in [0.25, 0.3) is 0 Å². The van der Waals surface area contributed by atoms with Crippen molar-refractivity contribution in [2.24, 2.45) is 11.8 Å². The highest BCUT2D eigenvalue weighted by molar-refractivity contribution is 7.90. The minimum absolute atomic E-state index is 0.111. The molecule has 0 spiro atoms. The van der Waals surface area contributed by atoms with Crippen molar-refractivity contribution in [1.29, 1.82) is 0 Å². The highest BCUT2D eigenvalue weighted by atomic mass is 35.5. The molecule has 38 heavy (non-hydrogen) atoms. The monoisotopic (exact) mass is 558 g/mol. The van der Waals surface area contributed by atoms with E-state index in [0.717, 1.165) is 56.4 Å². The molecule has 2 bridgehead atoms. The van der Waals surface area contributed by atoms with E-state index in [2.05, 4.69) is 9.62 Å². The molecule has 1 saturated carbocycles. The van der Waals surface area contributed by atoms with Crippen molar-refractivity contribution in [2.45, 2.75) is 63.4 Å². The number of fused-ring (bicyclic) bond motifs is 3. The van der Waals surface area contributed by atoms with E-state index >= 15 is 0 Å². The third kappa shape index (κ3) is 5.87. The van der Waals surface area contributed by atoms with Crippen molar-refractivity contribution in [3.63, 3.8) is 0 Å². The van der Waals surface area contributed by atoms with Gasteiger partial charge in [0.15, 0.2) is 0 Å². The van der Waals surface area contributed by atoms with Crippen LogP contribution >= 0.6 is 11.6 Å². The van der Waals surface area contributed by atoms with Crippen LogP contribution in [0.1, 0.15) is 60.5 Å².